The van der Waals surface area contributed by atoms with Crippen LogP contribution < -0.4 is 21.4 Å². The van der Waals surface area contributed by atoms with Crippen LogP contribution in [0.2, 0.25) is 0 Å². The third-order valence-corrected chi connectivity index (χ3v) is 5.01. The maximum Gasteiger partial charge on any atom is 0.416 e. The average molecular weight is 450 g/mol. The summed E-state index contributed by atoms with van der Waals surface area (Å²) in [5.74, 6) is 0.0891. The number of hydrogen-bond acceptors (Lipinski definition) is 8. The molecule has 0 saturated carbocycles. The minimum Gasteiger partial charge on any atom is -0.482 e. The van der Waals surface area contributed by atoms with Gasteiger partial charge in [-0.3, -0.25) is 9.80 Å². The van der Waals surface area contributed by atoms with E-state index in [1.807, 2.05) is 0 Å². The van der Waals surface area contributed by atoms with E-state index in [1.165, 1.54) is 43.6 Å². The maximum atomic E-state index is 13.5. The second kappa shape index (κ2) is 8.46. The van der Waals surface area contributed by atoms with Crippen LogP contribution in [0, 0.1) is 0 Å². The molecular formula is C20H21F3N6O3. The smallest absolute Gasteiger partial charge is 0.416 e. The van der Waals surface area contributed by atoms with Crippen LogP contribution in [0.1, 0.15) is 17.2 Å². The summed E-state index contributed by atoms with van der Waals surface area (Å²) >= 11 is 0. The Labute approximate surface area is 181 Å². The zero-order valence-corrected chi connectivity index (χ0v) is 17.1. The first-order valence-corrected chi connectivity index (χ1v) is 9.61. The summed E-state index contributed by atoms with van der Waals surface area (Å²) in [6.07, 6.45) is 0.522. The van der Waals surface area contributed by atoms with Crippen molar-refractivity contribution >= 4 is 11.8 Å². The molecule has 1 amide bonds. The van der Waals surface area contributed by atoms with Crippen molar-refractivity contribution in [3.05, 3.63) is 71.4 Å². The summed E-state index contributed by atoms with van der Waals surface area (Å²) in [5, 5.41) is 10.0. The molecule has 0 aliphatic carbocycles. The summed E-state index contributed by atoms with van der Waals surface area (Å²) in [4.78, 5) is 17.1. The number of ether oxygens (including phenoxy) is 2. The van der Waals surface area contributed by atoms with Crippen LogP contribution in [0.3, 0.4) is 0 Å². The van der Waals surface area contributed by atoms with E-state index in [0.717, 1.165) is 6.07 Å². The van der Waals surface area contributed by atoms with Crippen LogP contribution in [0.15, 0.2) is 65.3 Å². The maximum absolute atomic E-state index is 13.5. The van der Waals surface area contributed by atoms with Crippen molar-refractivity contribution in [2.24, 2.45) is 4.99 Å². The van der Waals surface area contributed by atoms with Gasteiger partial charge in [0.1, 0.15) is 11.9 Å². The number of amides is 1. The number of aliphatic imine (C=N–C) groups is 1. The molecule has 3 heterocycles. The standard InChI is InChI=1S/C20H21F3N6O3/c1-31-16-9-17(32-2)26-19(25-16)27-18(30)14-10-24-15-8-7-13(28-29(14)15)11-5-3-4-6-12(11)20(21,22)23/h3-10,13,15,19,24-25,28H,1-2H3,(H,27,30). The Morgan fingerprint density at radius 2 is 1.97 bits per heavy atom. The highest BCUT2D eigenvalue weighted by molar-refractivity contribution is 5.94. The van der Waals surface area contributed by atoms with Crippen LogP contribution in [0.4, 0.5) is 13.2 Å². The van der Waals surface area contributed by atoms with Crippen molar-refractivity contribution in [1.29, 1.82) is 0 Å². The van der Waals surface area contributed by atoms with E-state index in [-0.39, 0.29) is 17.2 Å². The Balaban J connectivity index is 1.50. The van der Waals surface area contributed by atoms with Crippen molar-refractivity contribution in [3.63, 3.8) is 0 Å². The van der Waals surface area contributed by atoms with Gasteiger partial charge in [-0.2, -0.15) is 13.2 Å². The first-order chi connectivity index (χ1) is 15.3. The lowest BCUT2D eigenvalue weighted by Crippen LogP contribution is -2.53. The first kappa shape index (κ1) is 21.6. The van der Waals surface area contributed by atoms with Crippen LogP contribution in [0.25, 0.3) is 0 Å². The second-order valence-corrected chi connectivity index (χ2v) is 6.99. The van der Waals surface area contributed by atoms with Gasteiger partial charge in [0.15, 0.2) is 5.88 Å². The van der Waals surface area contributed by atoms with Crippen LogP contribution >= 0.6 is 0 Å². The van der Waals surface area contributed by atoms with Gasteiger partial charge in [0, 0.05) is 6.20 Å². The average Bonchev–Trinajstić information content (AvgIpc) is 3.21. The van der Waals surface area contributed by atoms with E-state index >= 15 is 0 Å². The molecule has 1 aromatic rings. The molecule has 0 spiro atoms. The number of hydrogen-bond donors (Lipinski definition) is 4. The van der Waals surface area contributed by atoms with Gasteiger partial charge in [0.25, 0.3) is 5.91 Å². The number of methoxy groups -OCH3 is 2. The molecule has 4 rings (SSSR count). The highest BCUT2D eigenvalue weighted by Crippen LogP contribution is 2.36. The first-order valence-electron chi connectivity index (χ1n) is 9.61. The Kier molecular flexibility index (Phi) is 5.70. The van der Waals surface area contributed by atoms with Crippen molar-refractivity contribution in [1.82, 2.24) is 26.4 Å². The van der Waals surface area contributed by atoms with Crippen LogP contribution in [0.5, 0.6) is 0 Å². The molecule has 0 saturated heterocycles. The van der Waals surface area contributed by atoms with Crippen molar-refractivity contribution in [3.8, 4) is 0 Å². The van der Waals surface area contributed by atoms with Gasteiger partial charge < -0.3 is 25.4 Å². The monoisotopic (exact) mass is 450 g/mol. The van der Waals surface area contributed by atoms with E-state index in [1.54, 1.807) is 18.2 Å². The van der Waals surface area contributed by atoms with E-state index in [9.17, 15) is 18.0 Å². The minimum absolute atomic E-state index is 0.0551. The van der Waals surface area contributed by atoms with E-state index in [0.29, 0.717) is 5.88 Å². The molecule has 32 heavy (non-hydrogen) atoms. The van der Waals surface area contributed by atoms with Crippen molar-refractivity contribution < 1.29 is 27.4 Å². The fourth-order valence-corrected chi connectivity index (χ4v) is 3.51. The summed E-state index contributed by atoms with van der Waals surface area (Å²) in [6, 6.07) is 4.54. The van der Waals surface area contributed by atoms with Gasteiger partial charge in [-0.15, -0.1) is 0 Å². The quantitative estimate of drug-likeness (QED) is 0.515. The number of nitrogens with zero attached hydrogens (tertiary/aromatic N) is 2. The third kappa shape index (κ3) is 4.21. The number of rotatable bonds is 4. The highest BCUT2D eigenvalue weighted by atomic mass is 19.4. The lowest BCUT2D eigenvalue weighted by molar-refractivity contribution is -0.138. The van der Waals surface area contributed by atoms with Gasteiger partial charge in [0.05, 0.1) is 31.9 Å². The second-order valence-electron chi connectivity index (χ2n) is 6.99. The van der Waals surface area contributed by atoms with Gasteiger partial charge in [-0.1, -0.05) is 24.3 Å². The molecule has 3 unspecified atom stereocenters. The summed E-state index contributed by atoms with van der Waals surface area (Å²) in [6.45, 7) is 0. The largest absolute Gasteiger partial charge is 0.482 e. The van der Waals surface area contributed by atoms with Gasteiger partial charge >= 0.3 is 6.18 Å². The molecule has 0 bridgehead atoms. The molecule has 1 aromatic carbocycles. The van der Waals surface area contributed by atoms with E-state index in [4.69, 9.17) is 9.47 Å². The fourth-order valence-electron chi connectivity index (χ4n) is 3.51. The predicted octanol–water partition coefficient (Wildman–Crippen LogP) is 1.43. The number of carbonyl (C=O) groups excluding carboxylic acids is 1. The molecule has 4 N–H and O–H groups in total. The van der Waals surface area contributed by atoms with Crippen molar-refractivity contribution in [2.45, 2.75) is 24.7 Å². The third-order valence-electron chi connectivity index (χ3n) is 5.01. The number of nitrogens with one attached hydrogen (secondary N) is 4. The highest BCUT2D eigenvalue weighted by Gasteiger charge is 2.38. The number of fused-ring (bicyclic) bond motifs is 1. The zero-order chi connectivity index (χ0) is 22.9. The van der Waals surface area contributed by atoms with E-state index < -0.39 is 36.1 Å². The van der Waals surface area contributed by atoms with Crippen LogP contribution in [-0.4, -0.2) is 43.5 Å². The Bertz CT molecular complexity index is 1020. The molecule has 9 nitrogen and oxygen atoms in total. The molecule has 12 heteroatoms. The lowest BCUT2D eigenvalue weighted by atomic mass is 9.99. The van der Waals surface area contributed by atoms with Crippen molar-refractivity contribution in [2.75, 3.05) is 14.2 Å². The molecule has 0 fully saturated rings. The zero-order valence-electron chi connectivity index (χ0n) is 17.1. The number of carbonyl (C=O) groups is 1. The molecule has 170 valence electrons. The van der Waals surface area contributed by atoms with E-state index in [2.05, 4.69) is 26.4 Å². The normalized spacial score (nSPS) is 24.3. The lowest BCUT2D eigenvalue weighted by Gasteiger charge is -2.35. The molecule has 3 aliphatic heterocycles. The molecule has 3 atom stereocenters. The topological polar surface area (TPSA) is 99.2 Å². The Morgan fingerprint density at radius 3 is 2.69 bits per heavy atom. The Hall–Kier alpha value is -3.67. The summed E-state index contributed by atoms with van der Waals surface area (Å²) in [7, 11) is 2.89. The molecular weight excluding hydrogens is 429 g/mol. The SMILES string of the molecule is COC1=CC(OC)=NC(NC(=O)C2=CNC3C=CC(c4ccccc4C(F)(F)F)NN23)N1. The number of halogens is 3. The summed E-state index contributed by atoms with van der Waals surface area (Å²) < 4.78 is 50.6. The molecule has 0 aromatic heterocycles. The van der Waals surface area contributed by atoms with Gasteiger partial charge in [-0.05, 0) is 17.7 Å². The fraction of sp³-hybridized carbons (Fsp3) is 0.300. The minimum atomic E-state index is -4.50. The van der Waals surface area contributed by atoms with Gasteiger partial charge in [-0.25, -0.2) is 10.4 Å². The molecule has 0 radical (unpaired) electrons. The number of hydrazine groups is 1. The van der Waals surface area contributed by atoms with Crippen LogP contribution in [-0.2, 0) is 20.4 Å². The predicted molar refractivity (Wildman–Crippen MR) is 108 cm³/mol. The number of alkyl halides is 3. The van der Waals surface area contributed by atoms with Gasteiger partial charge in [0.2, 0.25) is 12.2 Å². The Morgan fingerprint density at radius 1 is 1.19 bits per heavy atom. The number of benzene rings is 1. The molecule has 3 aliphatic rings. The summed E-state index contributed by atoms with van der Waals surface area (Å²) in [5.41, 5.74) is 2.48.